The van der Waals surface area contributed by atoms with Gasteiger partial charge in [0.1, 0.15) is 0 Å². The number of hydrogen-bond acceptors (Lipinski definition) is 4. The molecule has 0 unspecified atom stereocenters. The number of hydrogen-bond donors (Lipinski definition) is 2. The second-order valence-corrected chi connectivity index (χ2v) is 6.58. The highest BCUT2D eigenvalue weighted by molar-refractivity contribution is 5.90. The van der Waals surface area contributed by atoms with Crippen LogP contribution in [-0.2, 0) is 17.8 Å². The fourth-order valence-corrected chi connectivity index (χ4v) is 3.09. The number of pyridine rings is 1. The zero-order valence-electron chi connectivity index (χ0n) is 14.4. The molecular weight excluding hydrogens is 314 g/mol. The molecule has 1 amide bonds. The Labute approximate surface area is 148 Å². The number of amides is 1. The molecule has 1 aliphatic heterocycles. The van der Waals surface area contributed by atoms with E-state index in [1.807, 2.05) is 36.4 Å². The van der Waals surface area contributed by atoms with Gasteiger partial charge in [0.15, 0.2) is 0 Å². The maximum absolute atomic E-state index is 12.1. The lowest BCUT2D eigenvalue weighted by Gasteiger charge is -2.29. The van der Waals surface area contributed by atoms with E-state index >= 15 is 0 Å². The number of piperidine rings is 1. The standard InChI is InChI=1S/C20H25N3O2/c24-19-9-12-23(13-10-19)15-16-4-3-6-18(14-16)22-20(25)8-7-17-5-1-2-11-21-17/h1-6,11,14,19,24H,7-10,12-13,15H2,(H,22,25). The summed E-state index contributed by atoms with van der Waals surface area (Å²) in [7, 11) is 0. The van der Waals surface area contributed by atoms with Gasteiger partial charge in [-0.05, 0) is 49.1 Å². The van der Waals surface area contributed by atoms with Crippen LogP contribution in [0.15, 0.2) is 48.7 Å². The molecule has 0 radical (unpaired) electrons. The van der Waals surface area contributed by atoms with E-state index in [0.717, 1.165) is 43.9 Å². The maximum Gasteiger partial charge on any atom is 0.224 e. The van der Waals surface area contributed by atoms with Crippen molar-refractivity contribution in [1.82, 2.24) is 9.88 Å². The Hall–Kier alpha value is -2.24. The highest BCUT2D eigenvalue weighted by Crippen LogP contribution is 2.17. The van der Waals surface area contributed by atoms with Gasteiger partial charge >= 0.3 is 0 Å². The zero-order valence-corrected chi connectivity index (χ0v) is 14.4. The van der Waals surface area contributed by atoms with Gasteiger partial charge in [-0.1, -0.05) is 18.2 Å². The van der Waals surface area contributed by atoms with Crippen molar-refractivity contribution in [2.24, 2.45) is 0 Å². The number of aromatic nitrogens is 1. The van der Waals surface area contributed by atoms with Crippen molar-refractivity contribution in [3.63, 3.8) is 0 Å². The summed E-state index contributed by atoms with van der Waals surface area (Å²) >= 11 is 0. The molecule has 5 heteroatoms. The summed E-state index contributed by atoms with van der Waals surface area (Å²) < 4.78 is 0. The lowest BCUT2D eigenvalue weighted by Crippen LogP contribution is -2.35. The van der Waals surface area contributed by atoms with Crippen molar-refractivity contribution in [2.75, 3.05) is 18.4 Å². The minimum absolute atomic E-state index is 0.00361. The molecule has 5 nitrogen and oxygen atoms in total. The highest BCUT2D eigenvalue weighted by Gasteiger charge is 2.17. The Morgan fingerprint density at radius 1 is 1.20 bits per heavy atom. The molecule has 25 heavy (non-hydrogen) atoms. The second-order valence-electron chi connectivity index (χ2n) is 6.58. The van der Waals surface area contributed by atoms with Gasteiger partial charge in [0.25, 0.3) is 0 Å². The smallest absolute Gasteiger partial charge is 0.224 e. The minimum Gasteiger partial charge on any atom is -0.393 e. The Bertz CT molecular complexity index is 682. The molecular formula is C20H25N3O2. The number of anilines is 1. The summed E-state index contributed by atoms with van der Waals surface area (Å²) in [5, 5.41) is 12.6. The van der Waals surface area contributed by atoms with Crippen molar-refractivity contribution in [2.45, 2.75) is 38.3 Å². The molecule has 0 bridgehead atoms. The number of carbonyl (C=O) groups is 1. The molecule has 2 aromatic rings. The Morgan fingerprint density at radius 2 is 2.04 bits per heavy atom. The summed E-state index contributed by atoms with van der Waals surface area (Å²) in [6, 6.07) is 13.7. The van der Waals surface area contributed by atoms with Crippen LogP contribution < -0.4 is 5.32 Å². The summed E-state index contributed by atoms with van der Waals surface area (Å²) in [5.41, 5.74) is 2.94. The molecule has 0 saturated carbocycles. The van der Waals surface area contributed by atoms with Gasteiger partial charge in [0.05, 0.1) is 6.10 Å². The molecule has 0 aliphatic carbocycles. The Balaban J connectivity index is 1.50. The molecule has 132 valence electrons. The molecule has 1 aromatic carbocycles. The normalized spacial score (nSPS) is 15.9. The van der Waals surface area contributed by atoms with Crippen molar-refractivity contribution >= 4 is 11.6 Å². The van der Waals surface area contributed by atoms with Crippen LogP contribution in [0.4, 0.5) is 5.69 Å². The fourth-order valence-electron chi connectivity index (χ4n) is 3.09. The highest BCUT2D eigenvalue weighted by atomic mass is 16.3. The number of aliphatic hydroxyl groups is 1. The van der Waals surface area contributed by atoms with Crippen LogP contribution in [0, 0.1) is 0 Å². The van der Waals surface area contributed by atoms with Crippen LogP contribution in [0.3, 0.4) is 0 Å². The average Bonchev–Trinajstić information content (AvgIpc) is 2.63. The Kier molecular flexibility index (Phi) is 6.14. The van der Waals surface area contributed by atoms with E-state index in [0.29, 0.717) is 12.8 Å². The van der Waals surface area contributed by atoms with E-state index in [4.69, 9.17) is 0 Å². The fraction of sp³-hybridized carbons (Fsp3) is 0.400. The number of carbonyl (C=O) groups excluding carboxylic acids is 1. The van der Waals surface area contributed by atoms with E-state index in [2.05, 4.69) is 21.3 Å². The van der Waals surface area contributed by atoms with E-state index < -0.39 is 0 Å². The third-order valence-electron chi connectivity index (χ3n) is 4.51. The van der Waals surface area contributed by atoms with Gasteiger partial charge in [0.2, 0.25) is 5.91 Å². The van der Waals surface area contributed by atoms with Crippen LogP contribution in [0.25, 0.3) is 0 Å². The molecule has 1 aliphatic rings. The topological polar surface area (TPSA) is 65.5 Å². The third-order valence-corrected chi connectivity index (χ3v) is 4.51. The lowest BCUT2D eigenvalue weighted by atomic mass is 10.1. The quantitative estimate of drug-likeness (QED) is 0.849. The molecule has 0 spiro atoms. The lowest BCUT2D eigenvalue weighted by molar-refractivity contribution is -0.116. The van der Waals surface area contributed by atoms with Gasteiger partial charge in [-0.25, -0.2) is 0 Å². The third kappa shape index (κ3) is 5.66. The zero-order chi connectivity index (χ0) is 17.5. The van der Waals surface area contributed by atoms with Crippen molar-refractivity contribution < 1.29 is 9.90 Å². The molecule has 1 aromatic heterocycles. The summed E-state index contributed by atoms with van der Waals surface area (Å²) in [6.07, 6.45) is 4.33. The molecule has 3 rings (SSSR count). The SMILES string of the molecule is O=C(CCc1ccccn1)Nc1cccc(CN2CCC(O)CC2)c1. The molecule has 0 atom stereocenters. The number of likely N-dealkylation sites (tertiary alicyclic amines) is 1. The van der Waals surface area contributed by atoms with E-state index in [-0.39, 0.29) is 12.0 Å². The number of nitrogens with one attached hydrogen (secondary N) is 1. The van der Waals surface area contributed by atoms with E-state index in [9.17, 15) is 9.90 Å². The van der Waals surface area contributed by atoms with Gasteiger partial charge in [0, 0.05) is 43.6 Å². The first kappa shape index (κ1) is 17.6. The predicted octanol–water partition coefficient (Wildman–Crippen LogP) is 2.61. The molecule has 2 N–H and O–H groups in total. The second kappa shape index (κ2) is 8.74. The summed E-state index contributed by atoms with van der Waals surface area (Å²) in [6.45, 7) is 2.69. The van der Waals surface area contributed by atoms with E-state index in [1.165, 1.54) is 5.56 Å². The predicted molar refractivity (Wildman–Crippen MR) is 98.1 cm³/mol. The van der Waals surface area contributed by atoms with Crippen molar-refractivity contribution in [3.05, 3.63) is 59.9 Å². The number of rotatable bonds is 6. The summed E-state index contributed by atoms with van der Waals surface area (Å²) in [4.78, 5) is 18.7. The van der Waals surface area contributed by atoms with E-state index in [1.54, 1.807) is 6.20 Å². The van der Waals surface area contributed by atoms with Crippen LogP contribution in [-0.4, -0.2) is 40.1 Å². The minimum atomic E-state index is -0.152. The monoisotopic (exact) mass is 339 g/mol. The van der Waals surface area contributed by atoms with Crippen molar-refractivity contribution in [3.8, 4) is 0 Å². The van der Waals surface area contributed by atoms with Crippen molar-refractivity contribution in [1.29, 1.82) is 0 Å². The largest absolute Gasteiger partial charge is 0.393 e. The number of aryl methyl sites for hydroxylation is 1. The average molecular weight is 339 g/mol. The summed E-state index contributed by atoms with van der Waals surface area (Å²) in [5.74, 6) is 0.00361. The van der Waals surface area contributed by atoms with Gasteiger partial charge in [-0.3, -0.25) is 14.7 Å². The maximum atomic E-state index is 12.1. The number of benzene rings is 1. The number of aliphatic hydroxyl groups excluding tert-OH is 1. The molecule has 1 fully saturated rings. The first-order valence-corrected chi connectivity index (χ1v) is 8.88. The van der Waals surface area contributed by atoms with Gasteiger partial charge in [-0.15, -0.1) is 0 Å². The van der Waals surface area contributed by atoms with Crippen LogP contribution >= 0.6 is 0 Å². The Morgan fingerprint density at radius 3 is 2.80 bits per heavy atom. The molecule has 1 saturated heterocycles. The van der Waals surface area contributed by atoms with Crippen LogP contribution in [0.1, 0.15) is 30.5 Å². The van der Waals surface area contributed by atoms with Crippen LogP contribution in [0.2, 0.25) is 0 Å². The first-order chi connectivity index (χ1) is 12.2. The molecule has 2 heterocycles. The first-order valence-electron chi connectivity index (χ1n) is 8.88. The van der Waals surface area contributed by atoms with Gasteiger partial charge in [-0.2, -0.15) is 0 Å². The number of nitrogens with zero attached hydrogens (tertiary/aromatic N) is 2. The van der Waals surface area contributed by atoms with Gasteiger partial charge < -0.3 is 10.4 Å². The van der Waals surface area contributed by atoms with Crippen LogP contribution in [0.5, 0.6) is 0 Å².